The number of Topliss-reactive ketones (excluding diaryl/α,β-unsaturated/α-hetero) is 1. The summed E-state index contributed by atoms with van der Waals surface area (Å²) in [6, 6.07) is 0. The number of rotatable bonds is 8. The fraction of sp³-hybridized carbons (Fsp3) is 0.600. The van der Waals surface area contributed by atoms with E-state index in [9.17, 15) is 9.59 Å². The first-order valence-corrected chi connectivity index (χ1v) is 5.72. The normalized spacial score (nSPS) is 15.5. The lowest BCUT2D eigenvalue weighted by molar-refractivity contribution is -0.148. The van der Waals surface area contributed by atoms with Crippen molar-refractivity contribution in [3.8, 4) is 0 Å². The lowest BCUT2D eigenvalue weighted by Gasteiger charge is -2.28. The predicted molar refractivity (Wildman–Crippen MR) is 68.3 cm³/mol. The molecule has 1 unspecified atom stereocenters. The van der Waals surface area contributed by atoms with Crippen LogP contribution in [0, 0.1) is 5.41 Å². The Hall–Kier alpha value is -2.36. The average Bonchev–Trinajstić information content (AvgIpc) is 2.45. The van der Waals surface area contributed by atoms with E-state index in [2.05, 4.69) is 10.3 Å². The van der Waals surface area contributed by atoms with E-state index in [1.165, 1.54) is 12.4 Å². The first-order chi connectivity index (χ1) is 9.33. The molecule has 0 aliphatic rings. The molecule has 0 saturated carbocycles. The van der Waals surface area contributed by atoms with Crippen molar-refractivity contribution in [2.45, 2.75) is 32.6 Å². The van der Waals surface area contributed by atoms with Gasteiger partial charge in [0.15, 0.2) is 0 Å². The molecule has 0 rings (SSSR count). The molecule has 0 aliphatic carbocycles. The molecule has 0 fully saturated rings. The van der Waals surface area contributed by atoms with Gasteiger partial charge < -0.3 is 21.9 Å². The van der Waals surface area contributed by atoms with Crippen molar-refractivity contribution < 1.29 is 25.2 Å². The van der Waals surface area contributed by atoms with Crippen LogP contribution in [0.3, 0.4) is 0 Å². The van der Waals surface area contributed by atoms with Gasteiger partial charge in [-0.1, -0.05) is 10.3 Å². The smallest absolute Gasteiger partial charge is 0.257 e. The van der Waals surface area contributed by atoms with Gasteiger partial charge in [0.25, 0.3) is 5.91 Å². The molecule has 1 amide bonds. The van der Waals surface area contributed by atoms with Crippen LogP contribution in [0.15, 0.2) is 10.3 Å². The zero-order valence-electron chi connectivity index (χ0n) is 11.0. The van der Waals surface area contributed by atoms with Crippen LogP contribution in [-0.4, -0.2) is 39.0 Å². The van der Waals surface area contributed by atoms with Crippen molar-refractivity contribution in [2.24, 2.45) is 27.2 Å². The number of nitrogens with zero attached hydrogens (tertiary/aromatic N) is 2. The number of nitrogens with two attached hydrogens (primary N) is 2. The highest BCUT2D eigenvalue weighted by molar-refractivity contribution is 6.05. The van der Waals surface area contributed by atoms with Crippen molar-refractivity contribution in [1.82, 2.24) is 5.48 Å². The zero-order valence-corrected chi connectivity index (χ0v) is 11.0. The maximum absolute atomic E-state index is 11.8. The van der Waals surface area contributed by atoms with Crippen molar-refractivity contribution in [2.75, 3.05) is 0 Å². The van der Waals surface area contributed by atoms with Gasteiger partial charge >= 0.3 is 0 Å². The fourth-order valence-electron chi connectivity index (χ4n) is 1.75. The molecule has 0 aromatic carbocycles. The van der Waals surface area contributed by atoms with Gasteiger partial charge in [-0.3, -0.25) is 14.8 Å². The summed E-state index contributed by atoms with van der Waals surface area (Å²) in [5.41, 5.74) is 10.4. The minimum Gasteiger partial charge on any atom is -0.409 e. The van der Waals surface area contributed by atoms with E-state index in [1.54, 1.807) is 0 Å². The van der Waals surface area contributed by atoms with Crippen LogP contribution in [0.5, 0.6) is 0 Å². The molecule has 0 spiro atoms. The summed E-state index contributed by atoms with van der Waals surface area (Å²) in [7, 11) is 0. The second kappa shape index (κ2) is 7.94. The van der Waals surface area contributed by atoms with Crippen LogP contribution in [0.1, 0.15) is 32.6 Å². The molecule has 0 aliphatic heterocycles. The van der Waals surface area contributed by atoms with Crippen LogP contribution < -0.4 is 16.9 Å². The van der Waals surface area contributed by atoms with Crippen molar-refractivity contribution in [3.05, 3.63) is 0 Å². The Bertz CT molecular complexity index is 398. The van der Waals surface area contributed by atoms with Gasteiger partial charge in [-0.15, -0.1) is 0 Å². The van der Waals surface area contributed by atoms with Gasteiger partial charge in [0.2, 0.25) is 0 Å². The predicted octanol–water partition coefficient (Wildman–Crippen LogP) is -0.880. The molecule has 0 aromatic heterocycles. The Balaban J connectivity index is 5.25. The number of amidine groups is 2. The second-order valence-corrected chi connectivity index (χ2v) is 4.26. The summed E-state index contributed by atoms with van der Waals surface area (Å²) in [4.78, 5) is 23.6. The zero-order chi connectivity index (χ0) is 15.8. The van der Waals surface area contributed by atoms with E-state index in [1.807, 2.05) is 0 Å². The molecular formula is C10H19N5O5. The number of hydrogen-bond acceptors (Lipinski definition) is 7. The molecule has 114 valence electrons. The van der Waals surface area contributed by atoms with Crippen LogP contribution in [0.25, 0.3) is 0 Å². The number of hydroxylamine groups is 1. The summed E-state index contributed by atoms with van der Waals surface area (Å²) in [6.07, 6.45) is -0.272. The van der Waals surface area contributed by atoms with E-state index in [0.717, 1.165) is 0 Å². The van der Waals surface area contributed by atoms with Crippen LogP contribution in [-0.2, 0) is 9.59 Å². The molecule has 0 radical (unpaired) electrons. The maximum Gasteiger partial charge on any atom is 0.257 e. The van der Waals surface area contributed by atoms with E-state index < -0.39 is 17.1 Å². The number of hydrogen-bond donors (Lipinski definition) is 6. The van der Waals surface area contributed by atoms with Crippen LogP contribution in [0.2, 0.25) is 0 Å². The Morgan fingerprint density at radius 2 is 1.50 bits per heavy atom. The molecule has 10 heteroatoms. The third-order valence-electron chi connectivity index (χ3n) is 3.08. The van der Waals surface area contributed by atoms with Gasteiger partial charge in [-0.05, 0) is 19.8 Å². The molecule has 0 saturated heterocycles. The number of nitrogens with one attached hydrogen (secondary N) is 1. The van der Waals surface area contributed by atoms with Crippen LogP contribution in [0.4, 0.5) is 0 Å². The molecular weight excluding hydrogens is 270 g/mol. The Morgan fingerprint density at radius 3 is 1.75 bits per heavy atom. The van der Waals surface area contributed by atoms with E-state index in [4.69, 9.17) is 27.1 Å². The highest BCUT2D eigenvalue weighted by Gasteiger charge is 2.42. The lowest BCUT2D eigenvalue weighted by Crippen LogP contribution is -2.46. The van der Waals surface area contributed by atoms with Gasteiger partial charge in [0.05, 0.1) is 0 Å². The SMILES string of the molecule is CC(=O)C(CCC(N)=NO)(CC/C(N)=N\O)C(=O)NO. The van der Waals surface area contributed by atoms with Gasteiger partial charge in [-0.25, -0.2) is 5.48 Å². The van der Waals surface area contributed by atoms with Crippen molar-refractivity contribution >= 4 is 23.4 Å². The number of amides is 1. The number of oxime groups is 2. The van der Waals surface area contributed by atoms with Crippen molar-refractivity contribution in [1.29, 1.82) is 0 Å². The van der Waals surface area contributed by atoms with Gasteiger partial charge in [0, 0.05) is 12.8 Å². The number of carbonyl (C=O) groups is 2. The highest BCUT2D eigenvalue weighted by Crippen LogP contribution is 2.31. The minimum absolute atomic E-state index is 0.0420. The van der Waals surface area contributed by atoms with Crippen LogP contribution >= 0.6 is 0 Å². The van der Waals surface area contributed by atoms with E-state index >= 15 is 0 Å². The average molecular weight is 289 g/mol. The molecule has 10 nitrogen and oxygen atoms in total. The monoisotopic (exact) mass is 289 g/mol. The standard InChI is InChI=1S/C10H19N5O5/c1-6(16)10(9(17)15-20,4-2-7(11)13-18)5-3-8(12)14-19/h18-20H,2-5H2,1H3,(H2,11,13)(H2,12,14)(H,15,17). The van der Waals surface area contributed by atoms with Gasteiger partial charge in [0.1, 0.15) is 22.9 Å². The summed E-state index contributed by atoms with van der Waals surface area (Å²) >= 11 is 0. The summed E-state index contributed by atoms with van der Waals surface area (Å²) in [5, 5.41) is 31.2. The number of ketones is 1. The third kappa shape index (κ3) is 4.39. The first-order valence-electron chi connectivity index (χ1n) is 5.72. The summed E-state index contributed by atoms with van der Waals surface area (Å²) in [6.45, 7) is 1.17. The molecule has 8 N–H and O–H groups in total. The number of carbonyl (C=O) groups excluding carboxylic acids is 2. The first kappa shape index (κ1) is 17.6. The molecule has 0 aromatic rings. The molecule has 20 heavy (non-hydrogen) atoms. The van der Waals surface area contributed by atoms with E-state index in [0.29, 0.717) is 0 Å². The van der Waals surface area contributed by atoms with Crippen molar-refractivity contribution in [3.63, 3.8) is 0 Å². The van der Waals surface area contributed by atoms with E-state index in [-0.39, 0.29) is 37.4 Å². The fourth-order valence-corrected chi connectivity index (χ4v) is 1.75. The molecule has 0 heterocycles. The largest absolute Gasteiger partial charge is 0.409 e. The second-order valence-electron chi connectivity index (χ2n) is 4.26. The quantitative estimate of drug-likeness (QED) is 0.0836. The lowest BCUT2D eigenvalue weighted by atomic mass is 9.74. The topological polar surface area (TPSA) is 184 Å². The van der Waals surface area contributed by atoms with Gasteiger partial charge in [-0.2, -0.15) is 0 Å². The molecule has 0 bridgehead atoms. The summed E-state index contributed by atoms with van der Waals surface area (Å²) in [5.74, 6) is -1.78. The summed E-state index contributed by atoms with van der Waals surface area (Å²) < 4.78 is 0. The minimum atomic E-state index is -1.61. The third-order valence-corrected chi connectivity index (χ3v) is 3.08. The maximum atomic E-state index is 11.8. The highest BCUT2D eigenvalue weighted by atomic mass is 16.5. The molecule has 1 atom stereocenters. The Morgan fingerprint density at radius 1 is 1.10 bits per heavy atom. The Kier molecular flexibility index (Phi) is 7.00. The Labute approximate surface area is 115 Å².